The zero-order valence-electron chi connectivity index (χ0n) is 7.89. The van der Waals surface area contributed by atoms with Crippen LogP contribution >= 0.6 is 0 Å². The second-order valence-corrected chi connectivity index (χ2v) is 4.15. The molecule has 2 heteroatoms. The molecule has 2 aliphatic heterocycles. The second-order valence-electron chi connectivity index (χ2n) is 4.15. The quantitative estimate of drug-likeness (QED) is 0.667. The molecule has 0 saturated carbocycles. The summed E-state index contributed by atoms with van der Waals surface area (Å²) in [6.07, 6.45) is 7.09. The zero-order chi connectivity index (χ0) is 8.23. The molecule has 2 heterocycles. The molecule has 1 atom stereocenters. The molecule has 0 aromatic heterocycles. The van der Waals surface area contributed by atoms with Crippen LogP contribution in [-0.2, 0) is 0 Å². The Kier molecular flexibility index (Phi) is 3.01. The molecule has 0 aromatic carbocycles. The maximum Gasteiger partial charge on any atom is 0.0195 e. The molecule has 2 fully saturated rings. The summed E-state index contributed by atoms with van der Waals surface area (Å²) >= 11 is 0. The van der Waals surface area contributed by atoms with Gasteiger partial charge in [0.25, 0.3) is 0 Å². The van der Waals surface area contributed by atoms with Crippen LogP contribution in [0.1, 0.15) is 32.1 Å². The maximum atomic E-state index is 3.56. The van der Waals surface area contributed by atoms with Crippen molar-refractivity contribution in [3.8, 4) is 0 Å². The van der Waals surface area contributed by atoms with Crippen LogP contribution in [0.25, 0.3) is 0 Å². The second kappa shape index (κ2) is 4.24. The van der Waals surface area contributed by atoms with Gasteiger partial charge in [0.05, 0.1) is 0 Å². The molecule has 0 bridgehead atoms. The fourth-order valence-corrected chi connectivity index (χ4v) is 2.37. The van der Waals surface area contributed by atoms with Crippen molar-refractivity contribution in [1.82, 2.24) is 10.2 Å². The van der Waals surface area contributed by atoms with Gasteiger partial charge in [0.15, 0.2) is 0 Å². The minimum atomic E-state index is 0.808. The topological polar surface area (TPSA) is 15.3 Å². The molecule has 12 heavy (non-hydrogen) atoms. The highest BCUT2D eigenvalue weighted by molar-refractivity contribution is 4.78. The van der Waals surface area contributed by atoms with Crippen molar-refractivity contribution in [2.45, 2.75) is 38.1 Å². The fourth-order valence-electron chi connectivity index (χ4n) is 2.37. The number of nitrogens with zero attached hydrogens (tertiary/aromatic N) is 1. The predicted molar refractivity (Wildman–Crippen MR) is 51.3 cm³/mol. The molecule has 2 aliphatic rings. The molecule has 2 saturated heterocycles. The van der Waals surface area contributed by atoms with E-state index in [-0.39, 0.29) is 0 Å². The van der Waals surface area contributed by atoms with Gasteiger partial charge in [-0.3, -0.25) is 0 Å². The summed E-state index contributed by atoms with van der Waals surface area (Å²) in [6, 6.07) is 0.808. The van der Waals surface area contributed by atoms with Crippen LogP contribution in [-0.4, -0.2) is 37.1 Å². The van der Waals surface area contributed by atoms with Crippen LogP contribution in [0.15, 0.2) is 0 Å². The smallest absolute Gasteiger partial charge is 0.0195 e. The van der Waals surface area contributed by atoms with Crippen molar-refractivity contribution >= 4 is 0 Å². The van der Waals surface area contributed by atoms with Gasteiger partial charge in [0.2, 0.25) is 0 Å². The van der Waals surface area contributed by atoms with Gasteiger partial charge < -0.3 is 10.2 Å². The Hall–Kier alpha value is -0.0800. The average Bonchev–Trinajstić information content (AvgIpc) is 2.59. The Labute approximate surface area is 75.3 Å². The zero-order valence-corrected chi connectivity index (χ0v) is 7.89. The number of nitrogens with one attached hydrogen (secondary N) is 1. The van der Waals surface area contributed by atoms with E-state index in [1.807, 2.05) is 0 Å². The van der Waals surface area contributed by atoms with Gasteiger partial charge in [-0.05, 0) is 45.3 Å². The third-order valence-corrected chi connectivity index (χ3v) is 3.09. The van der Waals surface area contributed by atoms with Crippen LogP contribution in [0.3, 0.4) is 0 Å². The summed E-state index contributed by atoms with van der Waals surface area (Å²) < 4.78 is 0. The summed E-state index contributed by atoms with van der Waals surface area (Å²) in [7, 11) is 0. The molecule has 2 nitrogen and oxygen atoms in total. The lowest BCUT2D eigenvalue weighted by molar-refractivity contribution is 0.210. The highest BCUT2D eigenvalue weighted by Crippen LogP contribution is 2.12. The van der Waals surface area contributed by atoms with Crippen molar-refractivity contribution < 1.29 is 0 Å². The first kappa shape index (κ1) is 8.52. The van der Waals surface area contributed by atoms with Crippen molar-refractivity contribution in [2.24, 2.45) is 0 Å². The van der Waals surface area contributed by atoms with Crippen LogP contribution in [0.5, 0.6) is 0 Å². The summed E-state index contributed by atoms with van der Waals surface area (Å²) in [5, 5.41) is 3.56. The van der Waals surface area contributed by atoms with Gasteiger partial charge in [-0.2, -0.15) is 0 Å². The van der Waals surface area contributed by atoms with E-state index < -0.39 is 0 Å². The number of hydrogen-bond acceptors (Lipinski definition) is 2. The van der Waals surface area contributed by atoms with Gasteiger partial charge >= 0.3 is 0 Å². The fraction of sp³-hybridized carbons (Fsp3) is 1.00. The van der Waals surface area contributed by atoms with E-state index >= 15 is 0 Å². The number of rotatable bonds is 2. The lowest BCUT2D eigenvalue weighted by atomic mass is 10.1. The first-order valence-corrected chi connectivity index (χ1v) is 5.41. The van der Waals surface area contributed by atoms with Gasteiger partial charge in [0.1, 0.15) is 0 Å². The predicted octanol–water partition coefficient (Wildman–Crippen LogP) is 1.22. The monoisotopic (exact) mass is 168 g/mol. The molecule has 0 spiro atoms. The minimum absolute atomic E-state index is 0.808. The lowest BCUT2D eigenvalue weighted by Crippen LogP contribution is -2.40. The van der Waals surface area contributed by atoms with E-state index in [1.54, 1.807) is 0 Å². The van der Waals surface area contributed by atoms with Crippen molar-refractivity contribution in [1.29, 1.82) is 0 Å². The molecular weight excluding hydrogens is 148 g/mol. The highest BCUT2D eigenvalue weighted by atomic mass is 15.2. The van der Waals surface area contributed by atoms with Crippen LogP contribution in [0.2, 0.25) is 0 Å². The summed E-state index contributed by atoms with van der Waals surface area (Å²) in [4.78, 5) is 2.63. The molecule has 70 valence electrons. The van der Waals surface area contributed by atoms with E-state index in [2.05, 4.69) is 10.2 Å². The summed E-state index contributed by atoms with van der Waals surface area (Å²) in [6.45, 7) is 5.24. The molecule has 0 aromatic rings. The Bertz CT molecular complexity index is 124. The van der Waals surface area contributed by atoms with Crippen LogP contribution in [0, 0.1) is 0 Å². The molecule has 1 N–H and O–H groups in total. The molecular formula is C10H20N2. The maximum absolute atomic E-state index is 3.56. The van der Waals surface area contributed by atoms with Crippen LogP contribution in [0.4, 0.5) is 0 Å². The minimum Gasteiger partial charge on any atom is -0.313 e. The Morgan fingerprint density at radius 1 is 1.08 bits per heavy atom. The SMILES string of the molecule is C1CCN(CC2CCCN2)CC1. The first-order valence-electron chi connectivity index (χ1n) is 5.41. The number of hydrogen-bond donors (Lipinski definition) is 1. The highest BCUT2D eigenvalue weighted by Gasteiger charge is 2.18. The van der Waals surface area contributed by atoms with Crippen molar-refractivity contribution in [3.05, 3.63) is 0 Å². The lowest BCUT2D eigenvalue weighted by Gasteiger charge is -2.28. The van der Waals surface area contributed by atoms with Gasteiger partial charge in [-0.1, -0.05) is 6.42 Å². The molecule has 1 unspecified atom stereocenters. The average molecular weight is 168 g/mol. The third-order valence-electron chi connectivity index (χ3n) is 3.09. The summed E-state index contributed by atoms with van der Waals surface area (Å²) in [5.41, 5.74) is 0. The van der Waals surface area contributed by atoms with E-state index in [9.17, 15) is 0 Å². The molecule has 0 aliphatic carbocycles. The largest absolute Gasteiger partial charge is 0.313 e. The van der Waals surface area contributed by atoms with E-state index in [0.29, 0.717) is 0 Å². The molecule has 2 rings (SSSR count). The summed E-state index contributed by atoms with van der Waals surface area (Å²) in [5.74, 6) is 0. The van der Waals surface area contributed by atoms with E-state index in [4.69, 9.17) is 0 Å². The van der Waals surface area contributed by atoms with Gasteiger partial charge in [-0.25, -0.2) is 0 Å². The Morgan fingerprint density at radius 3 is 2.58 bits per heavy atom. The van der Waals surface area contributed by atoms with E-state index in [0.717, 1.165) is 6.04 Å². The van der Waals surface area contributed by atoms with E-state index in [1.165, 1.54) is 58.3 Å². The van der Waals surface area contributed by atoms with Crippen molar-refractivity contribution in [3.63, 3.8) is 0 Å². The first-order chi connectivity index (χ1) is 5.95. The standard InChI is InChI=1S/C10H20N2/c1-2-7-12(8-3-1)9-10-5-4-6-11-10/h10-11H,1-9H2. The Balaban J connectivity index is 1.69. The number of piperidine rings is 1. The Morgan fingerprint density at radius 2 is 1.92 bits per heavy atom. The molecule has 0 amide bonds. The van der Waals surface area contributed by atoms with Crippen LogP contribution < -0.4 is 5.32 Å². The van der Waals surface area contributed by atoms with Gasteiger partial charge in [0, 0.05) is 12.6 Å². The van der Waals surface area contributed by atoms with Crippen molar-refractivity contribution in [2.75, 3.05) is 26.2 Å². The number of likely N-dealkylation sites (tertiary alicyclic amines) is 1. The third kappa shape index (κ3) is 2.20. The normalized spacial score (nSPS) is 32.5. The molecule has 0 radical (unpaired) electrons. The van der Waals surface area contributed by atoms with Gasteiger partial charge in [-0.15, -0.1) is 0 Å².